The minimum Gasteiger partial charge on any atom is -0.411 e. The Hall–Kier alpha value is -1.82. The third kappa shape index (κ3) is 4.92. The first-order valence-electron chi connectivity index (χ1n) is 9.87. The fourth-order valence-corrected chi connectivity index (χ4v) is 4.65. The quantitative estimate of drug-likeness (QED) is 0.652. The minimum absolute atomic E-state index is 0.167. The van der Waals surface area contributed by atoms with Crippen LogP contribution in [0.3, 0.4) is 0 Å². The van der Waals surface area contributed by atoms with Gasteiger partial charge in [-0.1, -0.05) is 48.2 Å². The zero-order chi connectivity index (χ0) is 19.4. The fraction of sp³-hybridized carbons (Fsp3) is 0.571. The molecule has 1 amide bonds. The van der Waals surface area contributed by atoms with Crippen molar-refractivity contribution in [2.45, 2.75) is 76.3 Å². The van der Waals surface area contributed by atoms with Gasteiger partial charge in [-0.25, -0.2) is 0 Å². The van der Waals surface area contributed by atoms with Gasteiger partial charge >= 0.3 is 0 Å². The average molecular weight is 388 g/mol. The van der Waals surface area contributed by atoms with E-state index in [1.807, 2.05) is 37.8 Å². The van der Waals surface area contributed by atoms with Gasteiger partial charge in [-0.2, -0.15) is 0 Å². The smallest absolute Gasteiger partial charge is 0.277 e. The second-order valence-corrected chi connectivity index (χ2v) is 8.72. The first-order chi connectivity index (χ1) is 13.0. The summed E-state index contributed by atoms with van der Waals surface area (Å²) in [4.78, 5) is 15.0. The van der Waals surface area contributed by atoms with E-state index in [0.29, 0.717) is 17.2 Å². The van der Waals surface area contributed by atoms with Crippen LogP contribution in [0.5, 0.6) is 0 Å². The van der Waals surface area contributed by atoms with Crippen LogP contribution in [0, 0.1) is 13.8 Å². The Balaban J connectivity index is 1.67. The monoisotopic (exact) mass is 387 g/mol. The molecule has 0 radical (unpaired) electrons. The van der Waals surface area contributed by atoms with E-state index >= 15 is 0 Å². The molecule has 1 fully saturated rings. The van der Waals surface area contributed by atoms with Crippen LogP contribution >= 0.6 is 11.8 Å². The van der Waals surface area contributed by atoms with Gasteiger partial charge in [-0.15, -0.1) is 10.2 Å². The number of amides is 1. The maximum atomic E-state index is 13.0. The van der Waals surface area contributed by atoms with Crippen LogP contribution in [-0.2, 0) is 4.79 Å². The van der Waals surface area contributed by atoms with Crippen LogP contribution in [0.1, 0.15) is 57.1 Å². The Kier molecular flexibility index (Phi) is 6.58. The lowest BCUT2D eigenvalue weighted by atomic mass is 9.94. The molecule has 1 unspecified atom stereocenters. The van der Waals surface area contributed by atoms with Gasteiger partial charge in [0.1, 0.15) is 0 Å². The number of hydrogen-bond acceptors (Lipinski definition) is 5. The van der Waals surface area contributed by atoms with E-state index in [0.717, 1.165) is 36.1 Å². The highest BCUT2D eigenvalue weighted by molar-refractivity contribution is 8.00. The predicted molar refractivity (Wildman–Crippen MR) is 109 cm³/mol. The molecule has 0 bridgehead atoms. The van der Waals surface area contributed by atoms with Gasteiger partial charge in [0.2, 0.25) is 11.8 Å². The molecule has 1 heterocycles. The second kappa shape index (κ2) is 8.91. The Bertz CT molecular complexity index is 763. The molecule has 27 heavy (non-hydrogen) atoms. The highest BCUT2D eigenvalue weighted by Gasteiger charge is 2.29. The number of hydrogen-bond donors (Lipinski definition) is 0. The second-order valence-electron chi connectivity index (χ2n) is 7.43. The first kappa shape index (κ1) is 19.9. The van der Waals surface area contributed by atoms with Crippen LogP contribution in [0.15, 0.2) is 27.8 Å². The van der Waals surface area contributed by atoms with Crippen molar-refractivity contribution in [3.05, 3.63) is 29.3 Å². The van der Waals surface area contributed by atoms with Gasteiger partial charge in [0.15, 0.2) is 0 Å². The summed E-state index contributed by atoms with van der Waals surface area (Å²) in [7, 11) is 0. The van der Waals surface area contributed by atoms with Crippen molar-refractivity contribution < 1.29 is 9.21 Å². The van der Waals surface area contributed by atoms with E-state index in [1.165, 1.54) is 31.0 Å². The van der Waals surface area contributed by atoms with Crippen molar-refractivity contribution in [2.75, 3.05) is 6.54 Å². The number of carbonyl (C=O) groups is 1. The van der Waals surface area contributed by atoms with Crippen LogP contribution < -0.4 is 0 Å². The van der Waals surface area contributed by atoms with Crippen molar-refractivity contribution >= 4 is 17.7 Å². The summed E-state index contributed by atoms with van der Waals surface area (Å²) in [6, 6.07) is 6.56. The maximum Gasteiger partial charge on any atom is 0.277 e. The third-order valence-electron chi connectivity index (χ3n) is 5.14. The zero-order valence-electron chi connectivity index (χ0n) is 16.7. The highest BCUT2D eigenvalue weighted by atomic mass is 32.2. The number of benzene rings is 1. The Morgan fingerprint density at radius 1 is 1.19 bits per heavy atom. The molecule has 146 valence electrons. The molecule has 1 aromatic carbocycles. The molecule has 1 saturated carbocycles. The molecular weight excluding hydrogens is 358 g/mol. The molecule has 1 aromatic heterocycles. The minimum atomic E-state index is -0.237. The average Bonchev–Trinajstić information content (AvgIpc) is 3.11. The van der Waals surface area contributed by atoms with Crippen molar-refractivity contribution in [1.29, 1.82) is 0 Å². The lowest BCUT2D eigenvalue weighted by Gasteiger charge is -2.34. The number of carbonyl (C=O) groups excluding carboxylic acids is 1. The molecule has 1 aliphatic carbocycles. The third-order valence-corrected chi connectivity index (χ3v) is 6.06. The molecule has 6 heteroatoms. The molecule has 3 rings (SSSR count). The van der Waals surface area contributed by atoms with Crippen LogP contribution in [0.4, 0.5) is 0 Å². The maximum absolute atomic E-state index is 13.0. The van der Waals surface area contributed by atoms with Gasteiger partial charge in [0.05, 0.1) is 5.25 Å². The lowest BCUT2D eigenvalue weighted by Crippen LogP contribution is -2.44. The Labute approximate surface area is 165 Å². The lowest BCUT2D eigenvalue weighted by molar-refractivity contribution is -0.133. The SMILES string of the molecule is CCN(C(=O)C(C)Sc1nnc(-c2cc(C)cc(C)c2)o1)C1CCCCC1. The van der Waals surface area contributed by atoms with Crippen molar-refractivity contribution in [3.63, 3.8) is 0 Å². The number of rotatable bonds is 6. The topological polar surface area (TPSA) is 59.2 Å². The van der Waals surface area contributed by atoms with Crippen LogP contribution in [-0.4, -0.2) is 38.8 Å². The molecule has 1 aliphatic rings. The van der Waals surface area contributed by atoms with Gasteiger partial charge in [0.25, 0.3) is 5.22 Å². The molecule has 0 N–H and O–H groups in total. The summed E-state index contributed by atoms with van der Waals surface area (Å²) in [6.07, 6.45) is 5.97. The molecular formula is C21H29N3O2S. The molecule has 2 aromatic rings. The summed E-state index contributed by atoms with van der Waals surface area (Å²) in [5, 5.41) is 8.53. The molecule has 5 nitrogen and oxygen atoms in total. The van der Waals surface area contributed by atoms with E-state index in [-0.39, 0.29) is 11.2 Å². The molecule has 0 spiro atoms. The van der Waals surface area contributed by atoms with E-state index in [2.05, 4.69) is 23.2 Å². The largest absolute Gasteiger partial charge is 0.411 e. The summed E-state index contributed by atoms with van der Waals surface area (Å²) in [5.74, 6) is 0.670. The van der Waals surface area contributed by atoms with Gasteiger partial charge in [-0.05, 0) is 52.7 Å². The van der Waals surface area contributed by atoms with E-state index in [4.69, 9.17) is 4.42 Å². The van der Waals surface area contributed by atoms with E-state index < -0.39 is 0 Å². The summed E-state index contributed by atoms with van der Waals surface area (Å²) in [6.45, 7) is 8.85. The van der Waals surface area contributed by atoms with E-state index in [1.54, 1.807) is 0 Å². The molecule has 1 atom stereocenters. The molecule has 0 aliphatic heterocycles. The molecule has 0 saturated heterocycles. The van der Waals surface area contributed by atoms with Crippen LogP contribution in [0.25, 0.3) is 11.5 Å². The summed E-state index contributed by atoms with van der Waals surface area (Å²) >= 11 is 1.35. The fourth-order valence-electron chi connectivity index (χ4n) is 3.89. The van der Waals surface area contributed by atoms with Gasteiger partial charge in [-0.3, -0.25) is 4.79 Å². The summed E-state index contributed by atoms with van der Waals surface area (Å²) in [5.41, 5.74) is 3.24. The van der Waals surface area contributed by atoms with E-state index in [9.17, 15) is 4.79 Å². The number of thioether (sulfide) groups is 1. The van der Waals surface area contributed by atoms with Gasteiger partial charge in [0, 0.05) is 18.2 Å². The van der Waals surface area contributed by atoms with Crippen LogP contribution in [0.2, 0.25) is 0 Å². The van der Waals surface area contributed by atoms with Crippen molar-refractivity contribution in [1.82, 2.24) is 15.1 Å². The standard InChI is InChI=1S/C21H29N3O2S/c1-5-24(18-9-7-6-8-10-18)20(25)16(4)27-21-23-22-19(26-21)17-12-14(2)11-15(3)13-17/h11-13,16,18H,5-10H2,1-4H3. The number of aryl methyl sites for hydroxylation is 2. The number of nitrogens with zero attached hydrogens (tertiary/aromatic N) is 3. The first-order valence-corrected chi connectivity index (χ1v) is 10.7. The van der Waals surface area contributed by atoms with Crippen molar-refractivity contribution in [2.24, 2.45) is 0 Å². The van der Waals surface area contributed by atoms with Gasteiger partial charge < -0.3 is 9.32 Å². The Morgan fingerprint density at radius 2 is 1.85 bits per heavy atom. The number of aromatic nitrogens is 2. The normalized spacial score (nSPS) is 16.3. The highest BCUT2D eigenvalue weighted by Crippen LogP contribution is 2.30. The Morgan fingerprint density at radius 3 is 2.48 bits per heavy atom. The summed E-state index contributed by atoms with van der Waals surface area (Å²) < 4.78 is 5.83. The zero-order valence-corrected chi connectivity index (χ0v) is 17.5. The predicted octanol–water partition coefficient (Wildman–Crippen LogP) is 5.02. The van der Waals surface area contributed by atoms with Crippen molar-refractivity contribution in [3.8, 4) is 11.5 Å².